The second-order valence-electron chi connectivity index (χ2n) is 8.89. The van der Waals surface area contributed by atoms with Crippen LogP contribution in [-0.2, 0) is 26.1 Å². The summed E-state index contributed by atoms with van der Waals surface area (Å²) < 4.78 is 35.9. The van der Waals surface area contributed by atoms with Crippen LogP contribution in [0.2, 0.25) is 0 Å². The van der Waals surface area contributed by atoms with Gasteiger partial charge in [0.15, 0.2) is 0 Å². The molecule has 0 aromatic carbocycles. The maximum absolute atomic E-state index is 13.8. The highest BCUT2D eigenvalue weighted by Gasteiger charge is 2.39. The highest BCUT2D eigenvalue weighted by Crippen LogP contribution is 2.32. The Morgan fingerprint density at radius 1 is 1.03 bits per heavy atom. The van der Waals surface area contributed by atoms with Gasteiger partial charge in [-0.3, -0.25) is 4.79 Å². The van der Waals surface area contributed by atoms with Crippen LogP contribution in [0.3, 0.4) is 0 Å². The van der Waals surface area contributed by atoms with Gasteiger partial charge in [-0.2, -0.15) is 4.31 Å². The Labute approximate surface area is 191 Å². The van der Waals surface area contributed by atoms with Gasteiger partial charge in [0.2, 0.25) is 15.9 Å². The van der Waals surface area contributed by atoms with Crippen LogP contribution >= 0.6 is 0 Å². The number of ether oxygens (including phenoxy) is 1. The highest BCUT2D eigenvalue weighted by atomic mass is 32.2. The number of aromatic nitrogens is 1. The summed E-state index contributed by atoms with van der Waals surface area (Å²) >= 11 is 0. The summed E-state index contributed by atoms with van der Waals surface area (Å²) in [6.07, 6.45) is 6.73. The number of rotatable bonds is 7. The molecule has 180 valence electrons. The van der Waals surface area contributed by atoms with E-state index < -0.39 is 16.0 Å². The molecule has 1 saturated heterocycles. The molecule has 1 aromatic rings. The van der Waals surface area contributed by atoms with Crippen LogP contribution in [0.4, 0.5) is 0 Å². The summed E-state index contributed by atoms with van der Waals surface area (Å²) in [7, 11) is -3.97. The van der Waals surface area contributed by atoms with E-state index in [0.29, 0.717) is 37.3 Å². The first kappa shape index (κ1) is 24.8. The van der Waals surface area contributed by atoms with Crippen molar-refractivity contribution in [2.24, 2.45) is 5.92 Å². The molecule has 9 heteroatoms. The van der Waals surface area contributed by atoms with Gasteiger partial charge in [0.1, 0.15) is 10.5 Å². The lowest BCUT2D eigenvalue weighted by Crippen LogP contribution is -2.48. The van der Waals surface area contributed by atoms with Gasteiger partial charge in [-0.05, 0) is 53.4 Å². The van der Waals surface area contributed by atoms with Gasteiger partial charge < -0.3 is 14.6 Å². The number of hydrogen-bond acceptors (Lipinski definition) is 5. The van der Waals surface area contributed by atoms with Gasteiger partial charge in [0, 0.05) is 37.1 Å². The van der Waals surface area contributed by atoms with E-state index in [-0.39, 0.29) is 41.5 Å². The minimum absolute atomic E-state index is 0.0173. The van der Waals surface area contributed by atoms with Crippen LogP contribution in [0.5, 0.6) is 0 Å². The van der Waals surface area contributed by atoms with Crippen molar-refractivity contribution in [3.05, 3.63) is 17.0 Å². The Hall–Kier alpha value is -1.87. The number of sulfonamides is 1. The fourth-order valence-corrected chi connectivity index (χ4v) is 7.13. The molecule has 1 atom stereocenters. The zero-order chi connectivity index (χ0) is 23.5. The number of carbonyl (C=O) groups is 2. The lowest BCUT2D eigenvalue weighted by atomic mass is 9.93. The summed E-state index contributed by atoms with van der Waals surface area (Å²) in [5.74, 6) is -1.05. The van der Waals surface area contributed by atoms with Crippen molar-refractivity contribution in [3.8, 4) is 0 Å². The summed E-state index contributed by atoms with van der Waals surface area (Å²) in [5.41, 5.74) is 1.23. The van der Waals surface area contributed by atoms with Crippen LogP contribution < -0.4 is 5.32 Å². The Bertz CT molecular complexity index is 947. The van der Waals surface area contributed by atoms with E-state index in [2.05, 4.69) is 5.32 Å². The predicted octanol–water partition coefficient (Wildman–Crippen LogP) is 3.15. The molecule has 2 heterocycles. The Kier molecular flexibility index (Phi) is 8.03. The van der Waals surface area contributed by atoms with E-state index >= 15 is 0 Å². The molecular formula is C23H37N3O5S. The number of amides is 1. The first-order chi connectivity index (χ1) is 15.2. The topological polar surface area (TPSA) is 97.7 Å². The van der Waals surface area contributed by atoms with Gasteiger partial charge in [-0.15, -0.1) is 0 Å². The molecule has 1 aromatic heterocycles. The van der Waals surface area contributed by atoms with E-state index in [4.69, 9.17) is 4.74 Å². The fraction of sp³-hybridized carbons (Fsp3) is 0.739. The fourth-order valence-electron chi connectivity index (χ4n) is 5.16. The first-order valence-electron chi connectivity index (χ1n) is 11.9. The van der Waals surface area contributed by atoms with Gasteiger partial charge in [0.05, 0.1) is 12.5 Å². The molecule has 0 bridgehead atoms. The van der Waals surface area contributed by atoms with Crippen molar-refractivity contribution < 1.29 is 22.7 Å². The van der Waals surface area contributed by atoms with E-state index in [9.17, 15) is 18.0 Å². The molecule has 3 rings (SSSR count). The molecule has 0 spiro atoms. The molecule has 1 saturated carbocycles. The van der Waals surface area contributed by atoms with E-state index in [1.54, 1.807) is 20.8 Å². The average molecular weight is 468 g/mol. The number of esters is 1. The first-order valence-corrected chi connectivity index (χ1v) is 13.3. The monoisotopic (exact) mass is 467 g/mol. The molecule has 1 N–H and O–H groups in total. The second kappa shape index (κ2) is 10.4. The average Bonchev–Trinajstić information content (AvgIpc) is 3.04. The van der Waals surface area contributed by atoms with Gasteiger partial charge in [0.25, 0.3) is 0 Å². The smallest absolute Gasteiger partial charge is 0.341 e. The zero-order valence-corrected chi connectivity index (χ0v) is 20.6. The number of piperidine rings is 1. The molecule has 0 radical (unpaired) electrons. The third-order valence-corrected chi connectivity index (χ3v) is 8.85. The number of carbonyl (C=O) groups excluding carboxylic acids is 2. The highest BCUT2D eigenvalue weighted by molar-refractivity contribution is 7.89. The summed E-state index contributed by atoms with van der Waals surface area (Å²) in [5, 5.41) is 3.14. The lowest BCUT2D eigenvalue weighted by molar-refractivity contribution is -0.127. The molecule has 1 amide bonds. The Balaban J connectivity index is 1.87. The molecule has 2 aliphatic rings. The zero-order valence-electron chi connectivity index (χ0n) is 19.8. The van der Waals surface area contributed by atoms with Crippen molar-refractivity contribution >= 4 is 21.9 Å². The standard InChI is InChI=1S/C23H37N3O5S/c1-5-26-16(3)20(23(28)31-6-2)21(17(26)4)32(29,30)25-14-10-11-18(15-25)22(27)24-19-12-8-7-9-13-19/h18-19H,5-15H2,1-4H3,(H,24,27). The molecular weight excluding hydrogens is 430 g/mol. The number of hydrogen-bond donors (Lipinski definition) is 1. The van der Waals surface area contributed by atoms with Crippen LogP contribution in [0.25, 0.3) is 0 Å². The van der Waals surface area contributed by atoms with Crippen molar-refractivity contribution in [2.45, 2.75) is 90.1 Å². The molecule has 8 nitrogen and oxygen atoms in total. The molecule has 1 aliphatic heterocycles. The normalized spacial score (nSPS) is 20.8. The summed E-state index contributed by atoms with van der Waals surface area (Å²) in [6, 6.07) is 0.196. The SMILES string of the molecule is CCOC(=O)c1c(S(=O)(=O)N2CCCC(C(=O)NC3CCCCC3)C2)c(C)n(CC)c1C. The molecule has 32 heavy (non-hydrogen) atoms. The van der Waals surface area contributed by atoms with E-state index in [0.717, 1.165) is 25.7 Å². The van der Waals surface area contributed by atoms with Crippen molar-refractivity contribution in [1.82, 2.24) is 14.2 Å². The number of nitrogens with zero attached hydrogens (tertiary/aromatic N) is 2. The quantitative estimate of drug-likeness (QED) is 0.621. The second-order valence-corrected chi connectivity index (χ2v) is 10.8. The molecule has 2 fully saturated rings. The third kappa shape index (κ3) is 4.88. The van der Waals surface area contributed by atoms with Crippen molar-refractivity contribution in [1.29, 1.82) is 0 Å². The van der Waals surface area contributed by atoms with Crippen LogP contribution in [0.15, 0.2) is 4.90 Å². The minimum Gasteiger partial charge on any atom is -0.462 e. The Morgan fingerprint density at radius 2 is 1.72 bits per heavy atom. The van der Waals surface area contributed by atoms with Crippen molar-refractivity contribution in [2.75, 3.05) is 19.7 Å². The van der Waals surface area contributed by atoms with Crippen LogP contribution in [0, 0.1) is 19.8 Å². The predicted molar refractivity (Wildman–Crippen MR) is 122 cm³/mol. The van der Waals surface area contributed by atoms with Crippen LogP contribution in [0.1, 0.15) is 80.5 Å². The Morgan fingerprint density at radius 3 is 2.34 bits per heavy atom. The minimum atomic E-state index is -3.97. The van der Waals surface area contributed by atoms with Gasteiger partial charge >= 0.3 is 5.97 Å². The summed E-state index contributed by atoms with van der Waals surface area (Å²) in [4.78, 5) is 25.6. The number of nitrogens with one attached hydrogen (secondary N) is 1. The van der Waals surface area contributed by atoms with E-state index in [1.807, 2.05) is 11.5 Å². The maximum atomic E-state index is 13.8. The molecule has 1 unspecified atom stereocenters. The van der Waals surface area contributed by atoms with E-state index in [1.165, 1.54) is 10.7 Å². The van der Waals surface area contributed by atoms with Crippen LogP contribution in [-0.4, -0.2) is 54.9 Å². The maximum Gasteiger partial charge on any atom is 0.341 e. The lowest BCUT2D eigenvalue weighted by Gasteiger charge is -2.33. The third-order valence-electron chi connectivity index (χ3n) is 6.83. The summed E-state index contributed by atoms with van der Waals surface area (Å²) in [6.45, 7) is 8.28. The van der Waals surface area contributed by atoms with Crippen molar-refractivity contribution in [3.63, 3.8) is 0 Å². The largest absolute Gasteiger partial charge is 0.462 e. The van der Waals surface area contributed by atoms with Gasteiger partial charge in [-0.25, -0.2) is 13.2 Å². The molecule has 1 aliphatic carbocycles. The van der Waals surface area contributed by atoms with Gasteiger partial charge in [-0.1, -0.05) is 19.3 Å².